The van der Waals surface area contributed by atoms with Crippen LogP contribution in [0.25, 0.3) is 0 Å². The van der Waals surface area contributed by atoms with Gasteiger partial charge in [-0.15, -0.1) is 0 Å². The highest BCUT2D eigenvalue weighted by atomic mass is 19.1. The molecule has 2 aliphatic rings. The average Bonchev–Trinajstić information content (AvgIpc) is 2.76. The number of aliphatic imine (C=N–C) groups is 1. The van der Waals surface area contributed by atoms with Crippen LogP contribution < -0.4 is 10.6 Å². The number of ether oxygens (including phenoxy) is 1. The third kappa shape index (κ3) is 7.85. The van der Waals surface area contributed by atoms with Crippen molar-refractivity contribution < 1.29 is 9.13 Å². The lowest BCUT2D eigenvalue weighted by molar-refractivity contribution is 0.0323. The summed E-state index contributed by atoms with van der Waals surface area (Å²) in [6.45, 7) is 13.9. The van der Waals surface area contributed by atoms with E-state index in [0.717, 1.165) is 84.4 Å². The van der Waals surface area contributed by atoms with Crippen LogP contribution in [-0.4, -0.2) is 80.8 Å². The molecule has 1 aromatic rings. The number of hydrogen-bond donors (Lipinski definition) is 2. The minimum Gasteiger partial charge on any atom is -0.379 e. The Morgan fingerprint density at radius 3 is 2.50 bits per heavy atom. The number of piperidine rings is 1. The van der Waals surface area contributed by atoms with E-state index in [4.69, 9.17) is 9.73 Å². The summed E-state index contributed by atoms with van der Waals surface area (Å²) in [4.78, 5) is 9.77. The van der Waals surface area contributed by atoms with Crippen molar-refractivity contribution in [2.24, 2.45) is 10.9 Å². The third-order valence-electron chi connectivity index (χ3n) is 5.83. The van der Waals surface area contributed by atoms with E-state index in [-0.39, 0.29) is 5.82 Å². The van der Waals surface area contributed by atoms with Gasteiger partial charge in [0.1, 0.15) is 5.82 Å². The third-order valence-corrected chi connectivity index (χ3v) is 5.83. The molecule has 0 aliphatic carbocycles. The van der Waals surface area contributed by atoms with Crippen LogP contribution in [0, 0.1) is 11.7 Å². The van der Waals surface area contributed by atoms with E-state index in [9.17, 15) is 4.39 Å². The highest BCUT2D eigenvalue weighted by molar-refractivity contribution is 5.80. The largest absolute Gasteiger partial charge is 0.379 e. The van der Waals surface area contributed by atoms with E-state index in [2.05, 4.69) is 34.3 Å². The van der Waals surface area contributed by atoms with Gasteiger partial charge in [0.25, 0.3) is 0 Å². The second-order valence-corrected chi connectivity index (χ2v) is 8.56. The van der Waals surface area contributed by atoms with Crippen LogP contribution in [0.2, 0.25) is 0 Å². The van der Waals surface area contributed by atoms with Crippen molar-refractivity contribution in [3.05, 3.63) is 35.6 Å². The molecule has 30 heavy (non-hydrogen) atoms. The van der Waals surface area contributed by atoms with Gasteiger partial charge >= 0.3 is 0 Å². The molecule has 2 N–H and O–H groups in total. The molecule has 1 atom stereocenters. The van der Waals surface area contributed by atoms with E-state index < -0.39 is 0 Å². The van der Waals surface area contributed by atoms with Crippen molar-refractivity contribution in [1.82, 2.24) is 20.4 Å². The number of hydrogen-bond acceptors (Lipinski definition) is 4. The van der Waals surface area contributed by atoms with E-state index in [1.165, 1.54) is 5.56 Å². The lowest BCUT2D eigenvalue weighted by Crippen LogP contribution is -2.48. The first-order valence-electron chi connectivity index (χ1n) is 11.4. The van der Waals surface area contributed by atoms with E-state index in [1.807, 2.05) is 12.1 Å². The van der Waals surface area contributed by atoms with Gasteiger partial charge in [-0.05, 0) is 43.4 Å². The van der Waals surface area contributed by atoms with Crippen molar-refractivity contribution in [3.8, 4) is 0 Å². The van der Waals surface area contributed by atoms with Crippen molar-refractivity contribution in [3.63, 3.8) is 0 Å². The summed E-state index contributed by atoms with van der Waals surface area (Å²) in [7, 11) is 0. The van der Waals surface area contributed by atoms with Crippen LogP contribution in [0.5, 0.6) is 0 Å². The molecule has 0 bridgehead atoms. The first-order valence-corrected chi connectivity index (χ1v) is 11.4. The maximum atomic E-state index is 13.1. The van der Waals surface area contributed by atoms with Crippen LogP contribution in [0.4, 0.5) is 4.39 Å². The monoisotopic (exact) mass is 419 g/mol. The van der Waals surface area contributed by atoms with Gasteiger partial charge in [0.05, 0.1) is 13.2 Å². The molecule has 1 aromatic carbocycles. The summed E-state index contributed by atoms with van der Waals surface area (Å²) < 4.78 is 18.5. The summed E-state index contributed by atoms with van der Waals surface area (Å²) in [5.41, 5.74) is 1.17. The van der Waals surface area contributed by atoms with Gasteiger partial charge < -0.3 is 15.4 Å². The van der Waals surface area contributed by atoms with E-state index in [0.29, 0.717) is 12.0 Å². The van der Waals surface area contributed by atoms with Crippen molar-refractivity contribution in [2.75, 3.05) is 59.0 Å². The standard InChI is InChI=1S/C23H38FN5O/c1-3-25-23(26-16-19(2)17-29-12-14-30-15-13-29)27-22-8-10-28(11-9-22)18-20-4-6-21(24)7-5-20/h4-7,19,22H,3,8-18H2,1-2H3,(H2,25,26,27). The minimum absolute atomic E-state index is 0.170. The van der Waals surface area contributed by atoms with Crippen LogP contribution in [0.1, 0.15) is 32.3 Å². The van der Waals surface area contributed by atoms with Crippen LogP contribution in [-0.2, 0) is 11.3 Å². The molecule has 0 spiro atoms. The molecular formula is C23H38FN5O. The number of benzene rings is 1. The lowest BCUT2D eigenvalue weighted by Gasteiger charge is -2.33. The minimum atomic E-state index is -0.170. The van der Waals surface area contributed by atoms with E-state index in [1.54, 1.807) is 12.1 Å². The zero-order chi connectivity index (χ0) is 21.2. The summed E-state index contributed by atoms with van der Waals surface area (Å²) in [5.74, 6) is 1.29. The number of likely N-dealkylation sites (tertiary alicyclic amines) is 1. The predicted molar refractivity (Wildman–Crippen MR) is 120 cm³/mol. The molecule has 2 aliphatic heterocycles. The molecule has 168 valence electrons. The van der Waals surface area contributed by atoms with Crippen LogP contribution >= 0.6 is 0 Å². The maximum Gasteiger partial charge on any atom is 0.191 e. The van der Waals surface area contributed by atoms with E-state index >= 15 is 0 Å². The number of rotatable bonds is 8. The molecule has 3 rings (SSSR count). The number of halogens is 1. The van der Waals surface area contributed by atoms with Crippen molar-refractivity contribution >= 4 is 5.96 Å². The van der Waals surface area contributed by atoms with Gasteiger partial charge in [0, 0.05) is 58.4 Å². The SMILES string of the molecule is CCNC(=NCC(C)CN1CCOCC1)NC1CCN(Cc2ccc(F)cc2)CC1. The Morgan fingerprint density at radius 2 is 1.83 bits per heavy atom. The number of guanidine groups is 1. The molecule has 2 heterocycles. The fraction of sp³-hybridized carbons (Fsp3) is 0.696. The summed E-state index contributed by atoms with van der Waals surface area (Å²) in [5, 5.41) is 7.04. The molecule has 2 saturated heterocycles. The summed E-state index contributed by atoms with van der Waals surface area (Å²) in [6, 6.07) is 7.30. The molecule has 0 saturated carbocycles. The number of morpholine rings is 1. The van der Waals surface area contributed by atoms with Crippen LogP contribution in [0.3, 0.4) is 0 Å². The number of nitrogens with one attached hydrogen (secondary N) is 2. The second-order valence-electron chi connectivity index (χ2n) is 8.56. The topological polar surface area (TPSA) is 52.1 Å². The smallest absolute Gasteiger partial charge is 0.191 e. The molecule has 0 amide bonds. The predicted octanol–water partition coefficient (Wildman–Crippen LogP) is 2.31. The quantitative estimate of drug-likeness (QED) is 0.500. The Kier molecular flexibility index (Phi) is 9.36. The lowest BCUT2D eigenvalue weighted by atomic mass is 10.0. The van der Waals surface area contributed by atoms with Gasteiger partial charge in [-0.25, -0.2) is 4.39 Å². The van der Waals surface area contributed by atoms with Gasteiger partial charge in [-0.2, -0.15) is 0 Å². The van der Waals surface area contributed by atoms with Gasteiger partial charge in [0.15, 0.2) is 5.96 Å². The molecule has 0 radical (unpaired) electrons. The molecule has 0 aromatic heterocycles. The van der Waals surface area contributed by atoms with Gasteiger partial charge in [-0.1, -0.05) is 19.1 Å². The summed E-state index contributed by atoms with van der Waals surface area (Å²) in [6.07, 6.45) is 2.18. The highest BCUT2D eigenvalue weighted by Crippen LogP contribution is 2.14. The maximum absolute atomic E-state index is 13.1. The Morgan fingerprint density at radius 1 is 1.13 bits per heavy atom. The first-order chi connectivity index (χ1) is 14.6. The molecule has 7 heteroatoms. The van der Waals surface area contributed by atoms with Gasteiger partial charge in [-0.3, -0.25) is 14.8 Å². The Hall–Kier alpha value is -1.70. The fourth-order valence-electron chi connectivity index (χ4n) is 4.13. The van der Waals surface area contributed by atoms with Gasteiger partial charge in [0.2, 0.25) is 0 Å². The zero-order valence-corrected chi connectivity index (χ0v) is 18.6. The molecule has 2 fully saturated rings. The fourth-order valence-corrected chi connectivity index (χ4v) is 4.13. The summed E-state index contributed by atoms with van der Waals surface area (Å²) >= 11 is 0. The zero-order valence-electron chi connectivity index (χ0n) is 18.6. The Bertz CT molecular complexity index is 639. The molecule has 6 nitrogen and oxygen atoms in total. The van der Waals surface area contributed by atoms with Crippen molar-refractivity contribution in [1.29, 1.82) is 0 Å². The Labute approximate surface area is 180 Å². The average molecular weight is 420 g/mol. The normalized spacial score (nSPS) is 20.8. The number of nitrogens with zero attached hydrogens (tertiary/aromatic N) is 3. The molecule has 1 unspecified atom stereocenters. The van der Waals surface area contributed by atoms with Crippen LogP contribution in [0.15, 0.2) is 29.3 Å². The van der Waals surface area contributed by atoms with Crippen molar-refractivity contribution in [2.45, 2.75) is 39.3 Å². The highest BCUT2D eigenvalue weighted by Gasteiger charge is 2.20. The first kappa shape index (κ1) is 23.0. The Balaban J connectivity index is 1.41. The second kappa shape index (κ2) is 12.2. The molecular weight excluding hydrogens is 381 g/mol.